The smallest absolute Gasteiger partial charge is 1.00 e. The van der Waals surface area contributed by atoms with Crippen molar-refractivity contribution in [3.63, 3.8) is 0 Å². The predicted octanol–water partition coefficient (Wildman–Crippen LogP) is -6.76. The number of hydrogen-bond donors (Lipinski definition) is 0. The first-order valence-corrected chi connectivity index (χ1v) is 0.333. The Morgan fingerprint density at radius 3 is 0.800 bits per heavy atom. The minimum Gasteiger partial charge on any atom is -1.00 e. The van der Waals surface area contributed by atoms with Crippen molar-refractivity contribution in [3.8, 4) is 0 Å². The van der Waals surface area contributed by atoms with Gasteiger partial charge in [-0.3, -0.25) is 0 Å². The van der Waals surface area contributed by atoms with Gasteiger partial charge in [0, 0.05) is 15.5 Å². The molecule has 0 fully saturated rings. The molecule has 0 aliphatic rings. The SMILES string of the molecule is [B][B].[Cl-].[Cl-].[Ti+2]. The van der Waals surface area contributed by atoms with Crippen molar-refractivity contribution in [3.05, 3.63) is 0 Å². The van der Waals surface area contributed by atoms with E-state index in [1.54, 1.807) is 0 Å². The Bertz CT molecular complexity index is 7.61. The molecule has 0 saturated heterocycles. The first-order valence-electron chi connectivity index (χ1n) is 0.333. The van der Waals surface area contributed by atoms with Crippen LogP contribution < -0.4 is 24.8 Å². The average Bonchev–Trinajstić information content (AvgIpc) is 1.00. The molecule has 0 aliphatic heterocycles. The fourth-order valence-corrected chi connectivity index (χ4v) is 0. The number of hydrogen-bond acceptors (Lipinski definition) is 0. The van der Waals surface area contributed by atoms with Crippen LogP contribution in [0.3, 0.4) is 0 Å². The predicted molar refractivity (Wildman–Crippen MR) is 11.5 cm³/mol. The van der Waals surface area contributed by atoms with Crippen LogP contribution in [0.4, 0.5) is 0 Å². The molecule has 0 aliphatic carbocycles. The minimum absolute atomic E-state index is 0. The molecule has 0 aromatic carbocycles. The molecular formula is B2Cl2Ti. The Morgan fingerprint density at radius 2 is 0.800 bits per heavy atom. The number of rotatable bonds is 0. The third kappa shape index (κ3) is 31.4. The van der Waals surface area contributed by atoms with E-state index in [9.17, 15) is 0 Å². The number of halogens is 2. The van der Waals surface area contributed by atoms with Gasteiger partial charge in [0.1, 0.15) is 0 Å². The minimum atomic E-state index is 0. The summed E-state index contributed by atoms with van der Waals surface area (Å²) in [6.07, 6.45) is 0. The molecule has 0 bridgehead atoms. The maximum atomic E-state index is 4.00. The van der Waals surface area contributed by atoms with Crippen molar-refractivity contribution >= 4 is 15.5 Å². The van der Waals surface area contributed by atoms with Crippen molar-refractivity contribution in [2.45, 2.75) is 0 Å². The zero-order valence-corrected chi connectivity index (χ0v) is 5.48. The van der Waals surface area contributed by atoms with E-state index in [0.717, 1.165) is 0 Å². The zero-order chi connectivity index (χ0) is 2.00. The van der Waals surface area contributed by atoms with E-state index < -0.39 is 0 Å². The maximum Gasteiger partial charge on any atom is 2.00 e. The van der Waals surface area contributed by atoms with Crippen LogP contribution in [0.1, 0.15) is 0 Å². The van der Waals surface area contributed by atoms with Gasteiger partial charge in [-0.15, -0.1) is 0 Å². The molecule has 5 heteroatoms. The van der Waals surface area contributed by atoms with E-state index in [-0.39, 0.29) is 46.5 Å². The third-order valence-electron chi connectivity index (χ3n) is 0. The summed E-state index contributed by atoms with van der Waals surface area (Å²) in [6, 6.07) is 0. The molecular weight excluding hydrogens is 140 g/mol. The Kier molecular flexibility index (Phi) is 337. The average molecular weight is 140 g/mol. The van der Waals surface area contributed by atoms with Crippen LogP contribution in [0.25, 0.3) is 0 Å². The molecule has 4 radical (unpaired) electrons. The van der Waals surface area contributed by atoms with Crippen LogP contribution in [0.2, 0.25) is 0 Å². The molecule has 0 aromatic heterocycles. The quantitative estimate of drug-likeness (QED) is 0.294. The Hall–Kier alpha value is 1.42. The molecule has 5 heavy (non-hydrogen) atoms. The summed E-state index contributed by atoms with van der Waals surface area (Å²) in [7, 11) is 8.00. The second kappa shape index (κ2) is 52.3. The molecule has 0 atom stereocenters. The Morgan fingerprint density at radius 1 is 0.800 bits per heavy atom. The van der Waals surface area contributed by atoms with Crippen LogP contribution in [-0.4, -0.2) is 15.5 Å². The molecule has 0 unspecified atom stereocenters. The third-order valence-corrected chi connectivity index (χ3v) is 0. The van der Waals surface area contributed by atoms with Crippen molar-refractivity contribution in [2.24, 2.45) is 0 Å². The second-order valence-corrected chi connectivity index (χ2v) is 0. The van der Waals surface area contributed by atoms with Gasteiger partial charge in [0.15, 0.2) is 0 Å². The van der Waals surface area contributed by atoms with Gasteiger partial charge in [0.2, 0.25) is 0 Å². The molecule has 0 saturated carbocycles. The first-order chi connectivity index (χ1) is 1.00. The Balaban J connectivity index is -0.00000000167. The summed E-state index contributed by atoms with van der Waals surface area (Å²) in [4.78, 5) is 0. The first kappa shape index (κ1) is 32.2. The van der Waals surface area contributed by atoms with Gasteiger partial charge >= 0.3 is 21.7 Å². The van der Waals surface area contributed by atoms with Crippen molar-refractivity contribution in [2.75, 3.05) is 0 Å². The van der Waals surface area contributed by atoms with Crippen LogP contribution in [0, 0.1) is 0 Å². The van der Waals surface area contributed by atoms with E-state index in [0.29, 0.717) is 0 Å². The molecule has 0 spiro atoms. The summed E-state index contributed by atoms with van der Waals surface area (Å²) < 4.78 is 0. The van der Waals surface area contributed by atoms with Gasteiger partial charge in [0.05, 0.1) is 0 Å². The fraction of sp³-hybridized carbons (Fsp3) is 0. The summed E-state index contributed by atoms with van der Waals surface area (Å²) in [5, 5.41) is 0. The van der Waals surface area contributed by atoms with E-state index >= 15 is 0 Å². The second-order valence-electron chi connectivity index (χ2n) is 0. The molecule has 0 aromatic rings. The largest absolute Gasteiger partial charge is 2.00 e. The molecule has 24 valence electrons. The summed E-state index contributed by atoms with van der Waals surface area (Å²) in [5.74, 6) is 0. The molecule has 0 nitrogen and oxygen atoms in total. The van der Waals surface area contributed by atoms with Gasteiger partial charge in [0.25, 0.3) is 0 Å². The fourth-order valence-electron chi connectivity index (χ4n) is 0. The molecule has 0 N–H and O–H groups in total. The van der Waals surface area contributed by atoms with Gasteiger partial charge in [-0.05, 0) is 0 Å². The van der Waals surface area contributed by atoms with Gasteiger partial charge in [-0.1, -0.05) is 0 Å². The maximum absolute atomic E-state index is 4.00. The molecule has 0 amide bonds. The topological polar surface area (TPSA) is 0 Å². The van der Waals surface area contributed by atoms with E-state index in [1.165, 1.54) is 0 Å². The van der Waals surface area contributed by atoms with Crippen LogP contribution >= 0.6 is 0 Å². The van der Waals surface area contributed by atoms with Crippen LogP contribution in [0.5, 0.6) is 0 Å². The molecule has 0 rings (SSSR count). The van der Waals surface area contributed by atoms with Crippen molar-refractivity contribution in [1.29, 1.82) is 0 Å². The van der Waals surface area contributed by atoms with Crippen molar-refractivity contribution in [1.82, 2.24) is 0 Å². The molecule has 0 heterocycles. The standard InChI is InChI=1S/B2.2ClH.Ti/c1-2;;;/h;2*1H;/q;;;+2/p-2. The van der Waals surface area contributed by atoms with Gasteiger partial charge < -0.3 is 24.8 Å². The summed E-state index contributed by atoms with van der Waals surface area (Å²) in [6.45, 7) is 0. The normalized spacial score (nSPS) is 0.800. The Labute approximate surface area is 62.0 Å². The van der Waals surface area contributed by atoms with Crippen molar-refractivity contribution < 1.29 is 46.5 Å². The monoisotopic (exact) mass is 140 g/mol. The van der Waals surface area contributed by atoms with Gasteiger partial charge in [-0.2, -0.15) is 0 Å². The van der Waals surface area contributed by atoms with E-state index in [2.05, 4.69) is 15.5 Å². The summed E-state index contributed by atoms with van der Waals surface area (Å²) in [5.41, 5.74) is 0. The van der Waals surface area contributed by atoms with E-state index in [1.807, 2.05) is 0 Å². The zero-order valence-electron chi connectivity index (χ0n) is 2.41. The van der Waals surface area contributed by atoms with Crippen LogP contribution in [0.15, 0.2) is 0 Å². The van der Waals surface area contributed by atoms with E-state index in [4.69, 9.17) is 0 Å². The van der Waals surface area contributed by atoms with Gasteiger partial charge in [-0.25, -0.2) is 0 Å². The summed E-state index contributed by atoms with van der Waals surface area (Å²) >= 11 is 0. The van der Waals surface area contributed by atoms with Crippen LogP contribution in [-0.2, 0) is 21.7 Å².